The fraction of sp³-hybridized carbons (Fsp3) is 1.00. The van der Waals surface area contributed by atoms with E-state index in [4.69, 9.17) is 23.2 Å². The van der Waals surface area contributed by atoms with Crippen LogP contribution in [0.2, 0.25) is 6.04 Å². The number of alkyl halides is 2. The Balaban J connectivity index is 2.68. The average Bonchev–Trinajstić information content (AvgIpc) is 1.61. The topological polar surface area (TPSA) is 0 Å². The van der Waals surface area contributed by atoms with Gasteiger partial charge in [-0.3, -0.25) is 0 Å². The van der Waals surface area contributed by atoms with E-state index in [-0.39, 0.29) is 14.0 Å². The third-order valence-corrected chi connectivity index (χ3v) is 4.00. The maximum atomic E-state index is 5.45. The van der Waals surface area contributed by atoms with E-state index in [0.717, 1.165) is 11.8 Å². The van der Waals surface area contributed by atoms with Gasteiger partial charge in [0, 0.05) is 0 Å². The molecule has 0 aromatic carbocycles. The molecule has 4 heteroatoms. The lowest BCUT2D eigenvalue weighted by Crippen LogP contribution is -2.00. The molecule has 0 spiro atoms. The van der Waals surface area contributed by atoms with Gasteiger partial charge in [-0.15, -0.1) is 23.2 Å². The maximum Gasteiger partial charge on any atom is 0.0908 e. The summed E-state index contributed by atoms with van der Waals surface area (Å²) < 4.78 is -0.0628. The van der Waals surface area contributed by atoms with E-state index in [9.17, 15) is 0 Å². The summed E-state index contributed by atoms with van der Waals surface area (Å²) in [5.74, 6) is 0.933. The van der Waals surface area contributed by atoms with Crippen molar-refractivity contribution in [2.45, 2.75) is 10.5 Å². The lowest BCUT2D eigenvalue weighted by molar-refractivity contribution is 1.47. The molecule has 0 aromatic heterocycles. The molecule has 0 saturated carbocycles. The smallest absolute Gasteiger partial charge is 0.0908 e. The van der Waals surface area contributed by atoms with E-state index >= 15 is 0 Å². The van der Waals surface area contributed by atoms with Gasteiger partial charge >= 0.3 is 0 Å². The molecule has 0 aromatic rings. The van der Waals surface area contributed by atoms with E-state index in [1.807, 2.05) is 0 Å². The Hall–Kier alpha value is 1.15. The highest BCUT2D eigenvalue weighted by atomic mass is 35.5. The predicted octanol–water partition coefficient (Wildman–Crippen LogP) is 1.26. The minimum absolute atomic E-state index is 0.0628. The van der Waals surface area contributed by atoms with Crippen LogP contribution in [0.5, 0.6) is 0 Å². The summed E-state index contributed by atoms with van der Waals surface area (Å²) >= 11 is 14.9. The van der Waals surface area contributed by atoms with Gasteiger partial charge in [-0.1, -0.05) is 6.04 Å². The summed E-state index contributed by atoms with van der Waals surface area (Å²) in [5.41, 5.74) is 0. The molecule has 0 nitrogen and oxygen atoms in total. The van der Waals surface area contributed by atoms with Gasteiger partial charge in [0.15, 0.2) is 0 Å². The normalized spacial score (nSPS) is 12.0. The molecule has 44 valence electrons. The summed E-state index contributed by atoms with van der Waals surface area (Å²) in [6.45, 7) is 0. The first-order valence-electron chi connectivity index (χ1n) is 2.16. The van der Waals surface area contributed by atoms with Crippen LogP contribution < -0.4 is 0 Å². The zero-order chi connectivity index (χ0) is 5.70. The van der Waals surface area contributed by atoms with Gasteiger partial charge in [-0.05, 0) is 5.75 Å². The largest absolute Gasteiger partial charge is 0.180 e. The van der Waals surface area contributed by atoms with Crippen molar-refractivity contribution in [2.75, 3.05) is 5.75 Å². The average molecular weight is 175 g/mol. The molecule has 0 radical (unpaired) electrons. The Kier molecular flexibility index (Phi) is 6.15. The minimum atomic E-state index is -0.199. The molecule has 0 unspecified atom stereocenters. The van der Waals surface area contributed by atoms with Gasteiger partial charge in [-0.2, -0.15) is 12.6 Å². The molecule has 0 rings (SSSR count). The second-order valence-corrected chi connectivity index (χ2v) is 6.12. The van der Waals surface area contributed by atoms with Crippen LogP contribution in [0.25, 0.3) is 0 Å². The molecule has 0 bridgehead atoms. The Morgan fingerprint density at radius 2 is 2.14 bits per heavy atom. The molecule has 0 fully saturated rings. The van der Waals surface area contributed by atoms with Crippen LogP contribution in [0.15, 0.2) is 0 Å². The SMILES string of the molecule is SCC[SiH2]C(Cl)Cl. The summed E-state index contributed by atoms with van der Waals surface area (Å²) in [7, 11) is -0.199. The highest BCUT2D eigenvalue weighted by Gasteiger charge is 1.95. The van der Waals surface area contributed by atoms with Gasteiger partial charge in [0.25, 0.3) is 0 Å². The quantitative estimate of drug-likeness (QED) is 0.372. The fourth-order valence-corrected chi connectivity index (χ4v) is 2.21. The molecule has 0 heterocycles. The lowest BCUT2D eigenvalue weighted by Gasteiger charge is -1.92. The number of halogens is 2. The second-order valence-electron chi connectivity index (χ2n) is 1.26. The number of hydrogen-bond acceptors (Lipinski definition) is 1. The van der Waals surface area contributed by atoms with Crippen LogP contribution in [0.3, 0.4) is 0 Å². The van der Waals surface area contributed by atoms with Gasteiger partial charge < -0.3 is 0 Å². The monoisotopic (exact) mass is 174 g/mol. The molecule has 0 amide bonds. The van der Waals surface area contributed by atoms with Crippen LogP contribution in [-0.4, -0.2) is 19.7 Å². The van der Waals surface area contributed by atoms with Crippen molar-refractivity contribution in [1.82, 2.24) is 0 Å². The third kappa shape index (κ3) is 7.15. The van der Waals surface area contributed by atoms with Gasteiger partial charge in [0.2, 0.25) is 0 Å². The van der Waals surface area contributed by atoms with Crippen molar-refractivity contribution in [3.63, 3.8) is 0 Å². The summed E-state index contributed by atoms with van der Waals surface area (Å²) in [4.78, 5) is 0. The van der Waals surface area contributed by atoms with Crippen LogP contribution in [-0.2, 0) is 0 Å². The molecule has 0 saturated heterocycles. The minimum Gasteiger partial charge on any atom is -0.180 e. The van der Waals surface area contributed by atoms with Crippen molar-refractivity contribution in [2.24, 2.45) is 0 Å². The molecule has 7 heavy (non-hydrogen) atoms. The molecule has 0 atom stereocenters. The predicted molar refractivity (Wildman–Crippen MR) is 42.7 cm³/mol. The molecular formula is C3H8Cl2SSi. The first-order chi connectivity index (χ1) is 3.27. The Labute approximate surface area is 61.8 Å². The van der Waals surface area contributed by atoms with E-state index in [2.05, 4.69) is 12.6 Å². The van der Waals surface area contributed by atoms with Crippen molar-refractivity contribution in [3.05, 3.63) is 0 Å². The highest BCUT2D eigenvalue weighted by molar-refractivity contribution is 7.80. The van der Waals surface area contributed by atoms with Crippen LogP contribution in [0.1, 0.15) is 0 Å². The van der Waals surface area contributed by atoms with E-state index in [0.29, 0.717) is 0 Å². The van der Waals surface area contributed by atoms with Crippen LogP contribution in [0, 0.1) is 0 Å². The maximum absolute atomic E-state index is 5.45. The molecule has 0 N–H and O–H groups in total. The van der Waals surface area contributed by atoms with Crippen LogP contribution in [0.4, 0.5) is 0 Å². The van der Waals surface area contributed by atoms with Crippen molar-refractivity contribution in [3.8, 4) is 0 Å². The molecule has 0 aliphatic carbocycles. The van der Waals surface area contributed by atoms with Gasteiger partial charge in [-0.25, -0.2) is 0 Å². The van der Waals surface area contributed by atoms with Gasteiger partial charge in [0.1, 0.15) is 0 Å². The first-order valence-corrected chi connectivity index (χ1v) is 5.48. The number of thiol groups is 1. The van der Waals surface area contributed by atoms with Crippen molar-refractivity contribution < 1.29 is 0 Å². The Morgan fingerprint density at radius 1 is 1.57 bits per heavy atom. The zero-order valence-corrected chi connectivity index (χ0v) is 7.72. The van der Waals surface area contributed by atoms with Gasteiger partial charge in [0.05, 0.1) is 14.0 Å². The fourth-order valence-electron chi connectivity index (χ4n) is 0.246. The second kappa shape index (κ2) is 5.29. The Bertz CT molecular complexity index is 41.9. The van der Waals surface area contributed by atoms with E-state index in [1.54, 1.807) is 0 Å². The van der Waals surface area contributed by atoms with Crippen molar-refractivity contribution >= 4 is 45.4 Å². The first kappa shape index (κ1) is 8.15. The molecule has 0 aliphatic heterocycles. The summed E-state index contributed by atoms with van der Waals surface area (Å²) in [6, 6.07) is 1.14. The highest BCUT2D eigenvalue weighted by Crippen LogP contribution is 2.00. The zero-order valence-electron chi connectivity index (χ0n) is 3.90. The van der Waals surface area contributed by atoms with Crippen molar-refractivity contribution in [1.29, 1.82) is 0 Å². The molecule has 0 aliphatic rings. The summed E-state index contributed by atoms with van der Waals surface area (Å²) in [5, 5.41) is 0. The number of rotatable bonds is 3. The number of hydrogen-bond donors (Lipinski definition) is 1. The van der Waals surface area contributed by atoms with E-state index in [1.165, 1.54) is 0 Å². The molecular weight excluding hydrogens is 167 g/mol. The Morgan fingerprint density at radius 3 is 2.29 bits per heavy atom. The summed E-state index contributed by atoms with van der Waals surface area (Å²) in [6.07, 6.45) is 0. The van der Waals surface area contributed by atoms with Crippen LogP contribution >= 0.6 is 35.8 Å². The van der Waals surface area contributed by atoms with E-state index < -0.39 is 0 Å². The standard InChI is InChI=1S/C3H8Cl2SSi/c4-3(5)7-2-1-6/h3,6H,1-2,7H2. The third-order valence-electron chi connectivity index (χ3n) is 0.580. The lowest BCUT2D eigenvalue weighted by atomic mass is 11.0.